The first kappa shape index (κ1) is 13.9. The Balaban J connectivity index is 2.98. The molecule has 5 nitrogen and oxygen atoms in total. The van der Waals surface area contributed by atoms with Crippen LogP contribution in [0.4, 0.5) is 4.39 Å². The van der Waals surface area contributed by atoms with Crippen LogP contribution in [0, 0.1) is 5.82 Å². The minimum absolute atomic E-state index is 0.0470. The molecule has 0 saturated carbocycles. The van der Waals surface area contributed by atoms with E-state index in [0.29, 0.717) is 12.1 Å². The number of carbonyl (C=O) groups excluding carboxylic acids is 1. The zero-order valence-corrected chi connectivity index (χ0v) is 10.9. The first-order valence-electron chi connectivity index (χ1n) is 5.97. The molecule has 0 unspecified atom stereocenters. The highest BCUT2D eigenvalue weighted by Gasteiger charge is 2.17. The summed E-state index contributed by atoms with van der Waals surface area (Å²) in [5.41, 5.74) is -0.961. The molecular formula is C14H12FNO4. The van der Waals surface area contributed by atoms with E-state index in [1.165, 1.54) is 23.8 Å². The van der Waals surface area contributed by atoms with E-state index in [4.69, 9.17) is 5.11 Å². The minimum atomic E-state index is -1.37. The zero-order valence-electron chi connectivity index (χ0n) is 10.9. The average molecular weight is 277 g/mol. The van der Waals surface area contributed by atoms with E-state index >= 15 is 0 Å². The average Bonchev–Trinajstić information content (AvgIpc) is 2.38. The van der Waals surface area contributed by atoms with Crippen LogP contribution in [0.2, 0.25) is 0 Å². The van der Waals surface area contributed by atoms with Crippen molar-refractivity contribution >= 4 is 22.7 Å². The van der Waals surface area contributed by atoms with Gasteiger partial charge in [-0.15, -0.1) is 0 Å². The monoisotopic (exact) mass is 277 g/mol. The molecule has 6 heteroatoms. The summed E-state index contributed by atoms with van der Waals surface area (Å²) < 4.78 is 15.3. The van der Waals surface area contributed by atoms with E-state index in [9.17, 15) is 18.8 Å². The zero-order chi connectivity index (χ0) is 15.0. The van der Waals surface area contributed by atoms with Gasteiger partial charge in [0.1, 0.15) is 11.4 Å². The molecule has 2 rings (SSSR count). The third-order valence-corrected chi connectivity index (χ3v) is 3.12. The summed E-state index contributed by atoms with van der Waals surface area (Å²) in [7, 11) is 0. The standard InChI is InChI=1S/C14H12FNO4/c1-3-16-6-10(14(19)20)13(18)9-4-11(15)8(7(2)17)5-12(9)16/h4-6H,3H2,1-2H3,(H,19,20). The number of fused-ring (bicyclic) bond motifs is 1. The van der Waals surface area contributed by atoms with Crippen LogP contribution in [0.3, 0.4) is 0 Å². The molecule has 0 aliphatic carbocycles. The molecule has 0 radical (unpaired) electrons. The van der Waals surface area contributed by atoms with Crippen LogP contribution in [0.15, 0.2) is 23.1 Å². The van der Waals surface area contributed by atoms with Gasteiger partial charge in [0, 0.05) is 18.1 Å². The lowest BCUT2D eigenvalue weighted by atomic mass is 10.1. The van der Waals surface area contributed by atoms with Gasteiger partial charge < -0.3 is 9.67 Å². The van der Waals surface area contributed by atoms with Crippen molar-refractivity contribution in [3.63, 3.8) is 0 Å². The van der Waals surface area contributed by atoms with E-state index in [-0.39, 0.29) is 10.9 Å². The van der Waals surface area contributed by atoms with E-state index in [1.54, 1.807) is 6.92 Å². The molecule has 0 atom stereocenters. The SMILES string of the molecule is CCn1cc(C(=O)O)c(=O)c2cc(F)c(C(C)=O)cc21. The first-order valence-corrected chi connectivity index (χ1v) is 5.97. The van der Waals surface area contributed by atoms with Gasteiger partial charge in [-0.3, -0.25) is 9.59 Å². The van der Waals surface area contributed by atoms with Gasteiger partial charge in [-0.25, -0.2) is 9.18 Å². The Kier molecular flexibility index (Phi) is 3.40. The molecule has 0 amide bonds. The van der Waals surface area contributed by atoms with Crippen molar-refractivity contribution in [1.82, 2.24) is 4.57 Å². The van der Waals surface area contributed by atoms with Gasteiger partial charge in [0.25, 0.3) is 0 Å². The third-order valence-electron chi connectivity index (χ3n) is 3.12. The summed E-state index contributed by atoms with van der Waals surface area (Å²) in [4.78, 5) is 34.4. The highest BCUT2D eigenvalue weighted by Crippen LogP contribution is 2.18. The number of aromatic carboxylic acids is 1. The molecule has 0 fully saturated rings. The molecule has 104 valence electrons. The fourth-order valence-corrected chi connectivity index (χ4v) is 2.09. The number of hydrogen-bond donors (Lipinski definition) is 1. The number of hydrogen-bond acceptors (Lipinski definition) is 3. The second kappa shape index (κ2) is 4.88. The van der Waals surface area contributed by atoms with Gasteiger partial charge in [0.05, 0.1) is 11.1 Å². The highest BCUT2D eigenvalue weighted by atomic mass is 19.1. The quantitative estimate of drug-likeness (QED) is 0.871. The minimum Gasteiger partial charge on any atom is -0.477 e. The second-order valence-corrected chi connectivity index (χ2v) is 4.37. The van der Waals surface area contributed by atoms with Crippen LogP contribution < -0.4 is 5.43 Å². The van der Waals surface area contributed by atoms with Crippen LogP contribution in [0.25, 0.3) is 10.9 Å². The molecule has 0 bridgehead atoms. The number of Topliss-reactive ketones (excluding diaryl/α,β-unsaturated/α-hetero) is 1. The van der Waals surface area contributed by atoms with Crippen molar-refractivity contribution in [3.8, 4) is 0 Å². The van der Waals surface area contributed by atoms with Gasteiger partial charge in [0.2, 0.25) is 5.43 Å². The van der Waals surface area contributed by atoms with E-state index in [1.807, 2.05) is 0 Å². The smallest absolute Gasteiger partial charge is 0.341 e. The number of carboxylic acid groups (broad SMARTS) is 1. The molecule has 0 saturated heterocycles. The number of rotatable bonds is 3. The van der Waals surface area contributed by atoms with Crippen LogP contribution in [0.1, 0.15) is 34.6 Å². The van der Waals surface area contributed by atoms with Crippen LogP contribution in [0.5, 0.6) is 0 Å². The molecule has 1 N–H and O–H groups in total. The Morgan fingerprint density at radius 3 is 2.45 bits per heavy atom. The van der Waals surface area contributed by atoms with Crippen molar-refractivity contribution in [3.05, 3.63) is 45.5 Å². The number of ketones is 1. The number of aryl methyl sites for hydroxylation is 1. The number of halogens is 1. The maximum absolute atomic E-state index is 13.8. The number of carbonyl (C=O) groups is 2. The van der Waals surface area contributed by atoms with E-state index < -0.39 is 28.6 Å². The lowest BCUT2D eigenvalue weighted by molar-refractivity contribution is 0.0694. The Bertz CT molecular complexity index is 792. The maximum Gasteiger partial charge on any atom is 0.341 e. The van der Waals surface area contributed by atoms with Crippen molar-refractivity contribution in [2.75, 3.05) is 0 Å². The summed E-state index contributed by atoms with van der Waals surface area (Å²) >= 11 is 0. The second-order valence-electron chi connectivity index (χ2n) is 4.37. The molecule has 1 heterocycles. The van der Waals surface area contributed by atoms with Gasteiger partial charge in [-0.2, -0.15) is 0 Å². The maximum atomic E-state index is 13.8. The summed E-state index contributed by atoms with van der Waals surface area (Å²) in [6.07, 6.45) is 1.20. The topological polar surface area (TPSA) is 76.4 Å². The lowest BCUT2D eigenvalue weighted by Gasteiger charge is -2.11. The summed E-state index contributed by atoms with van der Waals surface area (Å²) in [5, 5.41) is 8.95. The third kappa shape index (κ3) is 2.09. The van der Waals surface area contributed by atoms with Crippen molar-refractivity contribution in [2.45, 2.75) is 20.4 Å². The Morgan fingerprint density at radius 2 is 1.95 bits per heavy atom. The first-order chi connectivity index (χ1) is 9.36. The van der Waals surface area contributed by atoms with Crippen molar-refractivity contribution < 1.29 is 19.1 Å². The van der Waals surface area contributed by atoms with Gasteiger partial charge in [-0.05, 0) is 26.0 Å². The molecule has 2 aromatic rings. The predicted octanol–water partition coefficient (Wildman–Crippen LogP) is 2.06. The van der Waals surface area contributed by atoms with Crippen molar-refractivity contribution in [1.29, 1.82) is 0 Å². The fraction of sp³-hybridized carbons (Fsp3) is 0.214. The summed E-state index contributed by atoms with van der Waals surface area (Å²) in [6, 6.07) is 2.20. The predicted molar refractivity (Wildman–Crippen MR) is 70.8 cm³/mol. The highest BCUT2D eigenvalue weighted by molar-refractivity contribution is 5.99. The fourth-order valence-electron chi connectivity index (χ4n) is 2.09. The lowest BCUT2D eigenvalue weighted by Crippen LogP contribution is -2.19. The van der Waals surface area contributed by atoms with Gasteiger partial charge in [-0.1, -0.05) is 0 Å². The van der Waals surface area contributed by atoms with Crippen molar-refractivity contribution in [2.24, 2.45) is 0 Å². The molecule has 20 heavy (non-hydrogen) atoms. The largest absolute Gasteiger partial charge is 0.477 e. The number of benzene rings is 1. The number of carboxylic acids is 1. The molecule has 0 aliphatic heterocycles. The molecular weight excluding hydrogens is 265 g/mol. The Labute approximate surface area is 113 Å². The van der Waals surface area contributed by atoms with Crippen LogP contribution in [-0.2, 0) is 6.54 Å². The molecule has 0 aliphatic rings. The summed E-state index contributed by atoms with van der Waals surface area (Å²) in [6.45, 7) is 3.37. The normalized spacial score (nSPS) is 10.8. The number of nitrogens with zero attached hydrogens (tertiary/aromatic N) is 1. The van der Waals surface area contributed by atoms with Crippen LogP contribution in [-0.4, -0.2) is 21.4 Å². The van der Waals surface area contributed by atoms with Crippen LogP contribution >= 0.6 is 0 Å². The Hall–Kier alpha value is -2.50. The van der Waals surface area contributed by atoms with E-state index in [0.717, 1.165) is 6.07 Å². The Morgan fingerprint density at radius 1 is 1.30 bits per heavy atom. The molecule has 1 aromatic carbocycles. The number of aromatic nitrogens is 1. The van der Waals surface area contributed by atoms with E-state index in [2.05, 4.69) is 0 Å². The van der Waals surface area contributed by atoms with Gasteiger partial charge >= 0.3 is 5.97 Å². The number of pyridine rings is 1. The summed E-state index contributed by atoms with van der Waals surface area (Å²) in [5.74, 6) is -2.65. The molecule has 0 spiro atoms. The van der Waals surface area contributed by atoms with Gasteiger partial charge in [0.15, 0.2) is 5.78 Å². The molecule has 1 aromatic heterocycles.